The maximum absolute atomic E-state index is 13.0. The summed E-state index contributed by atoms with van der Waals surface area (Å²) in [6, 6.07) is 5.88. The average molecular weight is 561 g/mol. The number of hydrazine groups is 2. The molecular formula is C30H40N8OS. The van der Waals surface area contributed by atoms with Crippen LogP contribution in [-0.2, 0) is 5.41 Å². The van der Waals surface area contributed by atoms with Gasteiger partial charge in [0.25, 0.3) is 5.91 Å². The minimum absolute atomic E-state index is 0.0182. The number of pyridine rings is 1. The first kappa shape index (κ1) is 27.0. The Kier molecular flexibility index (Phi) is 7.41. The van der Waals surface area contributed by atoms with Crippen LogP contribution < -0.4 is 21.3 Å². The zero-order chi connectivity index (χ0) is 27.9. The van der Waals surface area contributed by atoms with E-state index < -0.39 is 0 Å². The monoisotopic (exact) mass is 560 g/mol. The molecule has 0 bridgehead atoms. The van der Waals surface area contributed by atoms with Crippen LogP contribution in [-0.4, -0.2) is 66.2 Å². The van der Waals surface area contributed by atoms with E-state index in [1.54, 1.807) is 6.20 Å². The molecule has 0 aromatic carbocycles. The predicted molar refractivity (Wildman–Crippen MR) is 162 cm³/mol. The maximum atomic E-state index is 13.0. The maximum Gasteiger partial charge on any atom is 0.265 e. The van der Waals surface area contributed by atoms with E-state index >= 15 is 0 Å². The van der Waals surface area contributed by atoms with Crippen molar-refractivity contribution in [3.63, 3.8) is 0 Å². The molecule has 2 aromatic heterocycles. The molecule has 0 spiro atoms. The number of aryl methyl sites for hydroxylation is 1. The Morgan fingerprint density at radius 3 is 2.70 bits per heavy atom. The number of amides is 1. The number of nitrogens with zero attached hydrogens (tertiary/aromatic N) is 5. The summed E-state index contributed by atoms with van der Waals surface area (Å²) in [4.78, 5) is 29.2. The SMILES string of the molecule is Cc1ncc(NC(=O)c2ccc(C(C)(C)C)s2)cc1N1C=C(C2C=C(N3CCN(CC4CC4)CC3)C=NC2)NN1. The van der Waals surface area contributed by atoms with Crippen LogP contribution in [0.4, 0.5) is 11.4 Å². The number of aliphatic imine (C=N–C) groups is 1. The van der Waals surface area contributed by atoms with Crippen molar-refractivity contribution in [1.29, 1.82) is 0 Å². The van der Waals surface area contributed by atoms with Crippen molar-refractivity contribution in [2.24, 2.45) is 16.8 Å². The van der Waals surface area contributed by atoms with Gasteiger partial charge in [0.05, 0.1) is 46.1 Å². The summed E-state index contributed by atoms with van der Waals surface area (Å²) in [5.41, 5.74) is 11.3. The zero-order valence-corrected chi connectivity index (χ0v) is 24.7. The molecule has 9 nitrogen and oxygen atoms in total. The Balaban J connectivity index is 1.11. The molecule has 1 atom stereocenters. The van der Waals surface area contributed by atoms with E-state index in [9.17, 15) is 4.79 Å². The second-order valence-corrected chi connectivity index (χ2v) is 13.4. The summed E-state index contributed by atoms with van der Waals surface area (Å²) in [5, 5.41) is 4.95. The van der Waals surface area contributed by atoms with Crippen molar-refractivity contribution >= 4 is 34.8 Å². The summed E-state index contributed by atoms with van der Waals surface area (Å²) >= 11 is 1.53. The van der Waals surface area contributed by atoms with Gasteiger partial charge < -0.3 is 15.6 Å². The summed E-state index contributed by atoms with van der Waals surface area (Å²) in [5.74, 6) is 0.988. The van der Waals surface area contributed by atoms with Crippen LogP contribution in [0.5, 0.6) is 0 Å². The van der Waals surface area contributed by atoms with Crippen LogP contribution in [0.1, 0.15) is 53.9 Å². The number of nitrogens with one attached hydrogen (secondary N) is 3. The molecule has 3 aliphatic heterocycles. The second kappa shape index (κ2) is 11.0. The first-order valence-electron chi connectivity index (χ1n) is 14.3. The smallest absolute Gasteiger partial charge is 0.265 e. The fourth-order valence-electron chi connectivity index (χ4n) is 5.33. The molecule has 212 valence electrons. The van der Waals surface area contributed by atoms with Gasteiger partial charge in [0.2, 0.25) is 0 Å². The van der Waals surface area contributed by atoms with Crippen LogP contribution in [0, 0.1) is 18.8 Å². The van der Waals surface area contributed by atoms with Gasteiger partial charge in [-0.1, -0.05) is 20.8 Å². The number of hydrogen-bond donors (Lipinski definition) is 3. The Bertz CT molecular complexity index is 1340. The number of allylic oxidation sites excluding steroid dienone is 1. The molecule has 40 heavy (non-hydrogen) atoms. The fourth-order valence-corrected chi connectivity index (χ4v) is 6.29. The van der Waals surface area contributed by atoms with Crippen molar-refractivity contribution in [3.8, 4) is 0 Å². The lowest BCUT2D eigenvalue weighted by Gasteiger charge is -2.37. The lowest BCUT2D eigenvalue weighted by molar-refractivity contribution is 0.103. The molecule has 1 unspecified atom stereocenters. The largest absolute Gasteiger partial charge is 0.368 e. The van der Waals surface area contributed by atoms with E-state index in [0.717, 1.165) is 49.2 Å². The first-order chi connectivity index (χ1) is 19.2. The van der Waals surface area contributed by atoms with Crippen molar-refractivity contribution in [1.82, 2.24) is 25.7 Å². The van der Waals surface area contributed by atoms with E-state index in [2.05, 4.69) is 64.1 Å². The van der Waals surface area contributed by atoms with Crippen LogP contribution in [0.3, 0.4) is 0 Å². The topological polar surface area (TPSA) is 88.1 Å². The molecule has 1 saturated carbocycles. The van der Waals surface area contributed by atoms with E-state index in [-0.39, 0.29) is 17.2 Å². The highest BCUT2D eigenvalue weighted by Gasteiger charge is 2.28. The fraction of sp³-hybridized carbons (Fsp3) is 0.500. The third-order valence-corrected chi connectivity index (χ3v) is 9.49. The van der Waals surface area contributed by atoms with Crippen molar-refractivity contribution in [2.75, 3.05) is 49.6 Å². The van der Waals surface area contributed by atoms with Crippen LogP contribution in [0.2, 0.25) is 0 Å². The Hall–Kier alpha value is -3.21. The summed E-state index contributed by atoms with van der Waals surface area (Å²) in [6.45, 7) is 14.8. The van der Waals surface area contributed by atoms with Crippen molar-refractivity contribution in [2.45, 2.75) is 46.0 Å². The van der Waals surface area contributed by atoms with E-state index in [4.69, 9.17) is 4.99 Å². The van der Waals surface area contributed by atoms with E-state index in [1.807, 2.05) is 36.3 Å². The average Bonchev–Trinajstić information content (AvgIpc) is 3.39. The third-order valence-electron chi connectivity index (χ3n) is 7.98. The lowest BCUT2D eigenvalue weighted by Crippen LogP contribution is -2.47. The molecule has 1 saturated heterocycles. The number of carbonyl (C=O) groups is 1. The van der Waals surface area contributed by atoms with Gasteiger partial charge in [-0.2, -0.15) is 0 Å². The normalized spacial score (nSPS) is 21.8. The van der Waals surface area contributed by atoms with Gasteiger partial charge in [-0.05, 0) is 55.4 Å². The van der Waals surface area contributed by atoms with Gasteiger partial charge in [0.1, 0.15) is 0 Å². The van der Waals surface area contributed by atoms with Crippen LogP contribution >= 0.6 is 11.3 Å². The molecule has 3 N–H and O–H groups in total. The number of carbonyl (C=O) groups excluding carboxylic acids is 1. The number of piperazine rings is 1. The molecule has 5 heterocycles. The van der Waals surface area contributed by atoms with Crippen molar-refractivity contribution in [3.05, 3.63) is 63.5 Å². The lowest BCUT2D eigenvalue weighted by atomic mass is 9.95. The molecule has 10 heteroatoms. The van der Waals surface area contributed by atoms with Gasteiger partial charge in [-0.3, -0.25) is 24.7 Å². The van der Waals surface area contributed by atoms with Gasteiger partial charge in [0, 0.05) is 55.9 Å². The highest BCUT2D eigenvalue weighted by atomic mass is 32.1. The molecule has 0 radical (unpaired) electrons. The summed E-state index contributed by atoms with van der Waals surface area (Å²) in [7, 11) is 0. The van der Waals surface area contributed by atoms with E-state index in [1.165, 1.54) is 41.3 Å². The molecule has 4 aliphatic rings. The summed E-state index contributed by atoms with van der Waals surface area (Å²) in [6.07, 6.45) is 11.0. The number of dihydropyridines is 1. The standard InChI is InChI=1S/C30H40N8OS/c1-20-26(14-23(16-32-20)33-29(39)27-7-8-28(40-27)30(2,3)4)38-19-25(34-35-38)22-13-24(17-31-15-22)37-11-9-36(10-12-37)18-21-5-6-21/h7-8,13-14,16-17,19,21-22,34-35H,5-6,9-12,15,18H2,1-4H3,(H,33,39). The Labute approximate surface area is 241 Å². The number of thiophene rings is 1. The van der Waals surface area contributed by atoms with E-state index in [0.29, 0.717) is 17.1 Å². The highest BCUT2D eigenvalue weighted by Crippen LogP contribution is 2.32. The Morgan fingerprint density at radius 2 is 1.98 bits per heavy atom. The molecule has 1 amide bonds. The molecule has 2 aromatic rings. The summed E-state index contributed by atoms with van der Waals surface area (Å²) < 4.78 is 0. The Morgan fingerprint density at radius 1 is 1.18 bits per heavy atom. The van der Waals surface area contributed by atoms with Crippen LogP contribution in [0.25, 0.3) is 0 Å². The quantitative estimate of drug-likeness (QED) is 0.466. The van der Waals surface area contributed by atoms with Crippen LogP contribution in [0.15, 0.2) is 53.1 Å². The molecule has 1 aliphatic carbocycles. The zero-order valence-electron chi connectivity index (χ0n) is 23.9. The van der Waals surface area contributed by atoms with Gasteiger partial charge in [0.15, 0.2) is 0 Å². The van der Waals surface area contributed by atoms with Crippen molar-refractivity contribution < 1.29 is 4.79 Å². The molecule has 2 fully saturated rings. The number of aromatic nitrogens is 1. The van der Waals surface area contributed by atoms with Gasteiger partial charge in [-0.25, -0.2) is 0 Å². The third kappa shape index (κ3) is 6.09. The molecular weight excluding hydrogens is 520 g/mol. The number of hydrogen-bond acceptors (Lipinski definition) is 9. The second-order valence-electron chi connectivity index (χ2n) is 12.3. The number of rotatable bonds is 7. The first-order valence-corrected chi connectivity index (χ1v) is 15.1. The number of anilines is 2. The predicted octanol–water partition coefficient (Wildman–Crippen LogP) is 4.28. The minimum Gasteiger partial charge on any atom is -0.368 e. The van der Waals surface area contributed by atoms with Gasteiger partial charge >= 0.3 is 0 Å². The van der Waals surface area contributed by atoms with Gasteiger partial charge in [-0.15, -0.1) is 16.9 Å². The highest BCUT2D eigenvalue weighted by molar-refractivity contribution is 7.14. The minimum atomic E-state index is -0.119. The molecule has 6 rings (SSSR count).